The smallest absolute Gasteiger partial charge is 0.270 e. The van der Waals surface area contributed by atoms with E-state index < -0.39 is 17.9 Å². The lowest BCUT2D eigenvalue weighted by Gasteiger charge is -2.28. The summed E-state index contributed by atoms with van der Waals surface area (Å²) >= 11 is 0. The van der Waals surface area contributed by atoms with Crippen LogP contribution in [0.1, 0.15) is 28.9 Å². The number of hydrogen-bond acceptors (Lipinski definition) is 5. The van der Waals surface area contributed by atoms with Crippen molar-refractivity contribution < 1.29 is 14.4 Å². The van der Waals surface area contributed by atoms with Crippen LogP contribution in [0.2, 0.25) is 0 Å². The summed E-state index contributed by atoms with van der Waals surface area (Å²) in [5, 5.41) is 2.60. The molecule has 3 amide bonds. The fraction of sp³-hybridized carbons (Fsp3) is 0.385. The van der Waals surface area contributed by atoms with Gasteiger partial charge < -0.3 is 11.1 Å². The molecule has 0 saturated carbocycles. The van der Waals surface area contributed by atoms with Crippen molar-refractivity contribution in [2.75, 3.05) is 7.05 Å². The van der Waals surface area contributed by atoms with E-state index in [1.165, 1.54) is 13.2 Å². The second kappa shape index (κ2) is 5.79. The standard InChI is InChI=1S/C13H16N4O3/c1-17-11(18)5-4-10(13(17)20)16-12(19)9-3-2-8(6-14)7-15-9/h2-3,7,10H,4-6,14H2,1H3,(H,16,19). The molecule has 1 aliphatic heterocycles. The highest BCUT2D eigenvalue weighted by molar-refractivity contribution is 6.03. The summed E-state index contributed by atoms with van der Waals surface area (Å²) in [5.41, 5.74) is 6.49. The third-order valence-corrected chi connectivity index (χ3v) is 3.25. The van der Waals surface area contributed by atoms with Crippen molar-refractivity contribution in [3.05, 3.63) is 29.6 Å². The van der Waals surface area contributed by atoms with Crippen LogP contribution in [0.15, 0.2) is 18.3 Å². The molecular weight excluding hydrogens is 260 g/mol. The van der Waals surface area contributed by atoms with E-state index in [9.17, 15) is 14.4 Å². The number of rotatable bonds is 3. The van der Waals surface area contributed by atoms with E-state index in [-0.39, 0.29) is 18.0 Å². The van der Waals surface area contributed by atoms with E-state index in [1.54, 1.807) is 12.1 Å². The molecule has 20 heavy (non-hydrogen) atoms. The van der Waals surface area contributed by atoms with Gasteiger partial charge in [0, 0.05) is 26.2 Å². The first-order valence-corrected chi connectivity index (χ1v) is 6.29. The number of imide groups is 1. The van der Waals surface area contributed by atoms with Crippen LogP contribution in [-0.2, 0) is 16.1 Å². The quantitative estimate of drug-likeness (QED) is 0.718. The summed E-state index contributed by atoms with van der Waals surface area (Å²) in [5.74, 6) is -1.06. The zero-order chi connectivity index (χ0) is 14.7. The number of likely N-dealkylation sites (tertiary alicyclic amines) is 1. The highest BCUT2D eigenvalue weighted by Gasteiger charge is 2.32. The van der Waals surface area contributed by atoms with E-state index in [0.717, 1.165) is 10.5 Å². The first kappa shape index (κ1) is 14.1. The molecule has 106 valence electrons. The van der Waals surface area contributed by atoms with Gasteiger partial charge in [-0.05, 0) is 18.1 Å². The topological polar surface area (TPSA) is 105 Å². The van der Waals surface area contributed by atoms with Gasteiger partial charge in [0.05, 0.1) is 0 Å². The Morgan fingerprint density at radius 1 is 1.50 bits per heavy atom. The lowest BCUT2D eigenvalue weighted by molar-refractivity contribution is -0.147. The van der Waals surface area contributed by atoms with Gasteiger partial charge in [-0.3, -0.25) is 24.3 Å². The molecule has 3 N–H and O–H groups in total. The second-order valence-corrected chi connectivity index (χ2v) is 4.61. The number of hydrogen-bond donors (Lipinski definition) is 2. The average Bonchev–Trinajstić information content (AvgIpc) is 2.48. The van der Waals surface area contributed by atoms with Gasteiger partial charge in [-0.15, -0.1) is 0 Å². The summed E-state index contributed by atoms with van der Waals surface area (Å²) in [4.78, 5) is 40.2. The Morgan fingerprint density at radius 2 is 2.25 bits per heavy atom. The van der Waals surface area contributed by atoms with Crippen molar-refractivity contribution in [3.63, 3.8) is 0 Å². The molecule has 1 aromatic heterocycles. The largest absolute Gasteiger partial charge is 0.339 e. The first-order valence-electron chi connectivity index (χ1n) is 6.29. The molecule has 1 atom stereocenters. The van der Waals surface area contributed by atoms with Gasteiger partial charge in [0.1, 0.15) is 11.7 Å². The molecule has 0 aromatic carbocycles. The minimum atomic E-state index is -0.679. The van der Waals surface area contributed by atoms with Crippen molar-refractivity contribution in [2.24, 2.45) is 5.73 Å². The maximum atomic E-state index is 12.0. The maximum absolute atomic E-state index is 12.0. The molecule has 1 unspecified atom stereocenters. The van der Waals surface area contributed by atoms with Crippen LogP contribution in [-0.4, -0.2) is 40.7 Å². The number of carbonyl (C=O) groups is 3. The Bertz CT molecular complexity index is 541. The van der Waals surface area contributed by atoms with Crippen molar-refractivity contribution >= 4 is 17.7 Å². The van der Waals surface area contributed by atoms with E-state index in [0.29, 0.717) is 13.0 Å². The summed E-state index contributed by atoms with van der Waals surface area (Å²) in [6.45, 7) is 0.350. The van der Waals surface area contributed by atoms with Gasteiger partial charge in [-0.1, -0.05) is 6.07 Å². The maximum Gasteiger partial charge on any atom is 0.270 e. The van der Waals surface area contributed by atoms with Crippen LogP contribution >= 0.6 is 0 Å². The zero-order valence-corrected chi connectivity index (χ0v) is 11.1. The molecule has 1 aromatic rings. The minimum absolute atomic E-state index is 0.217. The minimum Gasteiger partial charge on any atom is -0.339 e. The number of nitrogens with zero attached hydrogens (tertiary/aromatic N) is 2. The molecule has 1 aliphatic rings. The molecule has 0 radical (unpaired) electrons. The van der Waals surface area contributed by atoms with Crippen molar-refractivity contribution in [2.45, 2.75) is 25.4 Å². The number of pyridine rings is 1. The SMILES string of the molecule is CN1C(=O)CCC(NC(=O)c2ccc(CN)cn2)C1=O. The predicted molar refractivity (Wildman–Crippen MR) is 70.4 cm³/mol. The van der Waals surface area contributed by atoms with Crippen LogP contribution in [0.5, 0.6) is 0 Å². The van der Waals surface area contributed by atoms with E-state index in [2.05, 4.69) is 10.3 Å². The van der Waals surface area contributed by atoms with Gasteiger partial charge in [-0.2, -0.15) is 0 Å². The predicted octanol–water partition coefficient (Wildman–Crippen LogP) is -0.582. The Balaban J connectivity index is 2.03. The molecule has 0 bridgehead atoms. The Kier molecular flexibility index (Phi) is 4.09. The second-order valence-electron chi connectivity index (χ2n) is 4.61. The number of carbonyl (C=O) groups excluding carboxylic acids is 3. The van der Waals surface area contributed by atoms with E-state index in [4.69, 9.17) is 5.73 Å². The fourth-order valence-electron chi connectivity index (χ4n) is 1.96. The normalized spacial score (nSPS) is 19.1. The Morgan fingerprint density at radius 3 is 2.85 bits per heavy atom. The van der Waals surface area contributed by atoms with Crippen molar-refractivity contribution in [3.8, 4) is 0 Å². The molecule has 7 nitrogen and oxygen atoms in total. The number of amides is 3. The monoisotopic (exact) mass is 276 g/mol. The molecule has 1 fully saturated rings. The average molecular weight is 276 g/mol. The molecule has 0 aliphatic carbocycles. The summed E-state index contributed by atoms with van der Waals surface area (Å²) in [6, 6.07) is 2.58. The molecular formula is C13H16N4O3. The number of piperidine rings is 1. The van der Waals surface area contributed by atoms with Crippen LogP contribution in [0.4, 0.5) is 0 Å². The van der Waals surface area contributed by atoms with Crippen LogP contribution in [0, 0.1) is 0 Å². The molecule has 0 spiro atoms. The highest BCUT2D eigenvalue weighted by Crippen LogP contribution is 2.12. The Labute approximate surface area is 116 Å². The Hall–Kier alpha value is -2.28. The zero-order valence-electron chi connectivity index (χ0n) is 11.1. The van der Waals surface area contributed by atoms with Gasteiger partial charge in [0.2, 0.25) is 5.91 Å². The fourth-order valence-corrected chi connectivity index (χ4v) is 1.96. The number of aromatic nitrogens is 1. The van der Waals surface area contributed by atoms with Crippen LogP contribution < -0.4 is 11.1 Å². The molecule has 1 saturated heterocycles. The van der Waals surface area contributed by atoms with Gasteiger partial charge in [-0.25, -0.2) is 0 Å². The van der Waals surface area contributed by atoms with E-state index in [1.807, 2.05) is 0 Å². The van der Waals surface area contributed by atoms with Crippen LogP contribution in [0.3, 0.4) is 0 Å². The molecule has 2 heterocycles. The van der Waals surface area contributed by atoms with Gasteiger partial charge >= 0.3 is 0 Å². The van der Waals surface area contributed by atoms with Gasteiger partial charge in [0.25, 0.3) is 11.8 Å². The van der Waals surface area contributed by atoms with E-state index >= 15 is 0 Å². The third kappa shape index (κ3) is 2.83. The molecule has 7 heteroatoms. The molecule has 2 rings (SSSR count). The van der Waals surface area contributed by atoms with Gasteiger partial charge in [0.15, 0.2) is 0 Å². The third-order valence-electron chi connectivity index (χ3n) is 3.25. The lowest BCUT2D eigenvalue weighted by atomic mass is 10.0. The summed E-state index contributed by atoms with van der Waals surface area (Å²) in [7, 11) is 1.41. The number of nitrogens with one attached hydrogen (secondary N) is 1. The van der Waals surface area contributed by atoms with Crippen LogP contribution in [0.25, 0.3) is 0 Å². The number of nitrogens with two attached hydrogens (primary N) is 1. The highest BCUT2D eigenvalue weighted by atomic mass is 16.2. The first-order chi connectivity index (χ1) is 9.52. The summed E-state index contributed by atoms with van der Waals surface area (Å²) in [6.07, 6.45) is 2.08. The summed E-state index contributed by atoms with van der Waals surface area (Å²) < 4.78 is 0. The number of likely N-dealkylation sites (N-methyl/N-ethyl adjacent to an activating group) is 1. The van der Waals surface area contributed by atoms with Crippen molar-refractivity contribution in [1.29, 1.82) is 0 Å². The lowest BCUT2D eigenvalue weighted by Crippen LogP contribution is -2.53. The van der Waals surface area contributed by atoms with Crippen molar-refractivity contribution in [1.82, 2.24) is 15.2 Å².